The van der Waals surface area contributed by atoms with E-state index in [1.54, 1.807) is 0 Å². The maximum atomic E-state index is 10.3. The lowest BCUT2D eigenvalue weighted by molar-refractivity contribution is -0.000523. The smallest absolute Gasteiger partial charge is 0.125 e. The van der Waals surface area contributed by atoms with Crippen molar-refractivity contribution in [3.63, 3.8) is 0 Å². The number of aliphatic hydroxyl groups excluding tert-OH is 1. The zero-order valence-corrected chi connectivity index (χ0v) is 17.7. The van der Waals surface area contributed by atoms with Gasteiger partial charge in [0.05, 0.1) is 19.3 Å². The zero-order chi connectivity index (χ0) is 20.5. The lowest BCUT2D eigenvalue weighted by Crippen LogP contribution is -2.48. The van der Waals surface area contributed by atoms with E-state index in [9.17, 15) is 5.11 Å². The van der Waals surface area contributed by atoms with Crippen molar-refractivity contribution in [3.8, 4) is 5.75 Å². The number of aryl methyl sites for hydroxylation is 2. The van der Waals surface area contributed by atoms with Gasteiger partial charge in [-0.15, -0.1) is 0 Å². The van der Waals surface area contributed by atoms with E-state index < -0.39 is 6.10 Å². The number of hydrogen-bond acceptors (Lipinski definition) is 5. The highest BCUT2D eigenvalue weighted by molar-refractivity contribution is 5.39. The van der Waals surface area contributed by atoms with Gasteiger partial charge in [0.25, 0.3) is 0 Å². The van der Waals surface area contributed by atoms with Crippen LogP contribution in [0.15, 0.2) is 48.5 Å². The van der Waals surface area contributed by atoms with E-state index in [2.05, 4.69) is 40.1 Å². The zero-order valence-electron chi connectivity index (χ0n) is 17.7. The molecule has 1 N–H and O–H groups in total. The fourth-order valence-electron chi connectivity index (χ4n) is 3.77. The largest absolute Gasteiger partial charge is 0.491 e. The van der Waals surface area contributed by atoms with Crippen LogP contribution in [0.5, 0.6) is 5.75 Å². The molecule has 0 aliphatic carbocycles. The van der Waals surface area contributed by atoms with Gasteiger partial charge in [0, 0.05) is 39.3 Å². The molecule has 0 aromatic heterocycles. The molecule has 1 atom stereocenters. The van der Waals surface area contributed by atoms with Gasteiger partial charge >= 0.3 is 0 Å². The Morgan fingerprint density at radius 1 is 0.862 bits per heavy atom. The summed E-state index contributed by atoms with van der Waals surface area (Å²) in [6.07, 6.45) is -0.462. The summed E-state index contributed by atoms with van der Waals surface area (Å²) in [7, 11) is 0. The van der Waals surface area contributed by atoms with Crippen molar-refractivity contribution in [2.75, 3.05) is 52.5 Å². The summed E-state index contributed by atoms with van der Waals surface area (Å²) in [5, 5.41) is 10.3. The molecule has 0 spiro atoms. The molecule has 0 radical (unpaired) electrons. The minimum Gasteiger partial charge on any atom is -0.491 e. The van der Waals surface area contributed by atoms with Gasteiger partial charge in [-0.3, -0.25) is 9.80 Å². The quantitative estimate of drug-likeness (QED) is 0.624. The van der Waals surface area contributed by atoms with Gasteiger partial charge in [-0.25, -0.2) is 0 Å². The Balaban J connectivity index is 1.27. The van der Waals surface area contributed by atoms with Crippen molar-refractivity contribution >= 4 is 0 Å². The van der Waals surface area contributed by atoms with Crippen LogP contribution in [0.25, 0.3) is 0 Å². The molecule has 3 rings (SSSR count). The summed E-state index contributed by atoms with van der Waals surface area (Å²) in [4.78, 5) is 4.79. The number of hydrogen-bond donors (Lipinski definition) is 1. The Morgan fingerprint density at radius 2 is 1.52 bits per heavy atom. The fourth-order valence-corrected chi connectivity index (χ4v) is 3.77. The highest BCUT2D eigenvalue weighted by Gasteiger charge is 2.19. The van der Waals surface area contributed by atoms with Crippen LogP contribution in [0.4, 0.5) is 0 Å². The first kappa shape index (κ1) is 21.8. The van der Waals surface area contributed by atoms with Crippen LogP contribution in [-0.4, -0.2) is 73.6 Å². The molecule has 0 unspecified atom stereocenters. The van der Waals surface area contributed by atoms with Crippen molar-refractivity contribution in [2.45, 2.75) is 26.5 Å². The van der Waals surface area contributed by atoms with Gasteiger partial charge in [0.1, 0.15) is 12.4 Å². The second-order valence-electron chi connectivity index (χ2n) is 7.86. The Bertz CT molecular complexity index is 710. The van der Waals surface area contributed by atoms with E-state index in [1.165, 1.54) is 5.56 Å². The molecule has 5 nitrogen and oxygen atoms in total. The highest BCUT2D eigenvalue weighted by atomic mass is 16.5. The van der Waals surface area contributed by atoms with E-state index in [1.807, 2.05) is 32.0 Å². The maximum Gasteiger partial charge on any atom is 0.125 e. The van der Waals surface area contributed by atoms with E-state index >= 15 is 0 Å². The number of ether oxygens (including phenoxy) is 2. The van der Waals surface area contributed by atoms with Crippen LogP contribution in [0, 0.1) is 13.8 Å². The number of para-hydroxylation sites is 1. The summed E-state index contributed by atoms with van der Waals surface area (Å²) >= 11 is 0. The normalized spacial score (nSPS) is 16.7. The predicted molar refractivity (Wildman–Crippen MR) is 116 cm³/mol. The predicted octanol–water partition coefficient (Wildman–Crippen LogP) is 2.88. The number of aliphatic hydroxyl groups is 1. The second-order valence-corrected chi connectivity index (χ2v) is 7.86. The van der Waals surface area contributed by atoms with E-state index in [0.29, 0.717) is 26.4 Å². The molecule has 1 saturated heterocycles. The summed E-state index contributed by atoms with van der Waals surface area (Å²) in [5.74, 6) is 0.935. The van der Waals surface area contributed by atoms with Crippen LogP contribution < -0.4 is 4.74 Å². The second kappa shape index (κ2) is 11.3. The molecule has 5 heteroatoms. The molecule has 158 valence electrons. The van der Waals surface area contributed by atoms with E-state index in [-0.39, 0.29) is 0 Å². The third kappa shape index (κ3) is 7.12. The lowest BCUT2D eigenvalue weighted by atomic mass is 10.1. The van der Waals surface area contributed by atoms with E-state index in [0.717, 1.165) is 49.6 Å². The number of nitrogens with zero attached hydrogens (tertiary/aromatic N) is 2. The monoisotopic (exact) mass is 398 g/mol. The van der Waals surface area contributed by atoms with Crippen molar-refractivity contribution in [3.05, 3.63) is 65.2 Å². The van der Waals surface area contributed by atoms with Crippen LogP contribution >= 0.6 is 0 Å². The molecular formula is C24H34N2O3. The average Bonchev–Trinajstić information content (AvgIpc) is 2.72. The van der Waals surface area contributed by atoms with Gasteiger partial charge in [-0.1, -0.05) is 48.5 Å². The standard InChI is InChI=1S/C24H34N2O3/c1-20-7-6-8-21(2)24(20)29-16-15-28-19-23(27)18-26-13-11-25(12-14-26)17-22-9-4-3-5-10-22/h3-10,23,27H,11-19H2,1-2H3/t23-/m1/s1. The number of rotatable bonds is 10. The highest BCUT2D eigenvalue weighted by Crippen LogP contribution is 2.22. The third-order valence-corrected chi connectivity index (χ3v) is 5.38. The van der Waals surface area contributed by atoms with Crippen LogP contribution in [0.2, 0.25) is 0 Å². The summed E-state index contributed by atoms with van der Waals surface area (Å²) in [5.41, 5.74) is 3.63. The summed E-state index contributed by atoms with van der Waals surface area (Å²) < 4.78 is 11.5. The van der Waals surface area contributed by atoms with Crippen LogP contribution in [-0.2, 0) is 11.3 Å². The molecule has 2 aromatic carbocycles. The minimum absolute atomic E-state index is 0.348. The lowest BCUT2D eigenvalue weighted by Gasteiger charge is -2.35. The molecule has 0 saturated carbocycles. The molecular weight excluding hydrogens is 364 g/mol. The first-order valence-electron chi connectivity index (χ1n) is 10.6. The molecule has 0 amide bonds. The minimum atomic E-state index is -0.462. The summed E-state index contributed by atoms with van der Waals surface area (Å²) in [6, 6.07) is 16.7. The fraction of sp³-hybridized carbons (Fsp3) is 0.500. The van der Waals surface area contributed by atoms with Gasteiger partial charge in [0.15, 0.2) is 0 Å². The SMILES string of the molecule is Cc1cccc(C)c1OCCOC[C@H](O)CN1CCN(Cc2ccccc2)CC1. The number of benzene rings is 2. The van der Waals surface area contributed by atoms with Crippen LogP contribution in [0.3, 0.4) is 0 Å². The van der Waals surface area contributed by atoms with E-state index in [4.69, 9.17) is 9.47 Å². The molecule has 29 heavy (non-hydrogen) atoms. The van der Waals surface area contributed by atoms with Crippen molar-refractivity contribution in [1.82, 2.24) is 9.80 Å². The first-order valence-corrected chi connectivity index (χ1v) is 10.6. The third-order valence-electron chi connectivity index (χ3n) is 5.38. The molecule has 0 bridgehead atoms. The Hall–Kier alpha value is -1.92. The van der Waals surface area contributed by atoms with Gasteiger partial charge < -0.3 is 14.6 Å². The van der Waals surface area contributed by atoms with Gasteiger partial charge in [0.2, 0.25) is 0 Å². The molecule has 1 aliphatic heterocycles. The molecule has 1 aliphatic rings. The molecule has 1 heterocycles. The Labute approximate surface area is 174 Å². The average molecular weight is 399 g/mol. The maximum absolute atomic E-state index is 10.3. The summed E-state index contributed by atoms with van der Waals surface area (Å²) in [6.45, 7) is 11.1. The van der Waals surface area contributed by atoms with Crippen molar-refractivity contribution in [1.29, 1.82) is 0 Å². The number of piperazine rings is 1. The van der Waals surface area contributed by atoms with Gasteiger partial charge in [-0.2, -0.15) is 0 Å². The van der Waals surface area contributed by atoms with Crippen LogP contribution in [0.1, 0.15) is 16.7 Å². The Kier molecular flexibility index (Phi) is 8.50. The topological polar surface area (TPSA) is 45.2 Å². The molecule has 2 aromatic rings. The van der Waals surface area contributed by atoms with Crippen molar-refractivity contribution in [2.24, 2.45) is 0 Å². The van der Waals surface area contributed by atoms with Gasteiger partial charge in [-0.05, 0) is 30.5 Å². The Morgan fingerprint density at radius 3 is 2.21 bits per heavy atom. The number of β-amino-alcohol motifs (C(OH)–C–C–N with tert-alkyl or cyclic N) is 1. The van der Waals surface area contributed by atoms with Crippen molar-refractivity contribution < 1.29 is 14.6 Å². The molecule has 1 fully saturated rings. The first-order chi connectivity index (χ1) is 14.1.